The number of rotatable bonds is 8. The molecule has 1 saturated heterocycles. The van der Waals surface area contributed by atoms with Crippen molar-refractivity contribution in [3.63, 3.8) is 0 Å². The molecule has 7 heteroatoms. The Morgan fingerprint density at radius 1 is 0.632 bits per heavy atom. The predicted molar refractivity (Wildman–Crippen MR) is 156 cm³/mol. The van der Waals surface area contributed by atoms with Crippen molar-refractivity contribution in [2.45, 2.75) is 25.2 Å². The summed E-state index contributed by atoms with van der Waals surface area (Å²) in [6.07, 6.45) is 0. The van der Waals surface area contributed by atoms with Gasteiger partial charge in [-0.2, -0.15) is 0 Å². The largest absolute Gasteiger partial charge is 0.497 e. The van der Waals surface area contributed by atoms with Crippen LogP contribution in [0.4, 0.5) is 4.79 Å². The van der Waals surface area contributed by atoms with Crippen molar-refractivity contribution < 1.29 is 14.3 Å². The zero-order chi connectivity index (χ0) is 26.6. The summed E-state index contributed by atoms with van der Waals surface area (Å²) in [7, 11) is 3.31. The Morgan fingerprint density at radius 2 is 1.03 bits per heavy atom. The van der Waals surface area contributed by atoms with E-state index in [0.717, 1.165) is 42.7 Å². The van der Waals surface area contributed by atoms with E-state index in [1.807, 2.05) is 82.6 Å². The summed E-state index contributed by atoms with van der Waals surface area (Å²) in [6.45, 7) is 0.952. The molecule has 2 amide bonds. The Labute approximate surface area is 240 Å². The fourth-order valence-corrected chi connectivity index (χ4v) is 5.87. The first kappa shape index (κ1) is 26.3. The van der Waals surface area contributed by atoms with Crippen LogP contribution in [0.15, 0.2) is 106 Å². The molecule has 0 spiro atoms. The number of halogens is 2. The van der Waals surface area contributed by atoms with Gasteiger partial charge in [0.25, 0.3) is 0 Å². The maximum atomic E-state index is 14.3. The molecular formula is C31H28Br2N2O3. The van der Waals surface area contributed by atoms with E-state index in [4.69, 9.17) is 9.47 Å². The average molecular weight is 636 g/mol. The first-order valence-corrected chi connectivity index (χ1v) is 13.9. The molecule has 0 saturated carbocycles. The molecule has 0 aliphatic carbocycles. The summed E-state index contributed by atoms with van der Waals surface area (Å²) in [5, 5.41) is 0. The first-order chi connectivity index (χ1) is 18.5. The van der Waals surface area contributed by atoms with Crippen LogP contribution in [0.2, 0.25) is 0 Å². The van der Waals surface area contributed by atoms with Crippen molar-refractivity contribution in [3.8, 4) is 11.5 Å². The van der Waals surface area contributed by atoms with E-state index in [-0.39, 0.29) is 18.1 Å². The Hall–Kier alpha value is -3.29. The highest BCUT2D eigenvalue weighted by atomic mass is 79.9. The zero-order valence-corrected chi connectivity index (χ0v) is 24.4. The predicted octanol–water partition coefficient (Wildman–Crippen LogP) is 8.15. The third-order valence-electron chi connectivity index (χ3n) is 6.87. The molecule has 4 aromatic rings. The number of ether oxygens (including phenoxy) is 2. The summed E-state index contributed by atoms with van der Waals surface area (Å²) >= 11 is 7.29. The molecule has 5 rings (SSSR count). The minimum absolute atomic E-state index is 0.00779. The van der Waals surface area contributed by atoms with Crippen molar-refractivity contribution in [2.24, 2.45) is 0 Å². The number of amides is 2. The van der Waals surface area contributed by atoms with Gasteiger partial charge in [0.05, 0.1) is 26.3 Å². The third-order valence-corrected chi connectivity index (χ3v) is 7.85. The van der Waals surface area contributed by atoms with E-state index in [1.54, 1.807) is 14.2 Å². The van der Waals surface area contributed by atoms with Gasteiger partial charge in [-0.25, -0.2) is 4.79 Å². The number of hydrogen-bond donors (Lipinski definition) is 0. The molecule has 5 nitrogen and oxygen atoms in total. The number of carbonyl (C=O) groups excluding carboxylic acids is 1. The fourth-order valence-electron chi connectivity index (χ4n) is 5.04. The monoisotopic (exact) mass is 634 g/mol. The molecule has 0 bridgehead atoms. The highest BCUT2D eigenvalue weighted by molar-refractivity contribution is 9.10. The van der Waals surface area contributed by atoms with Crippen LogP contribution in [0, 0.1) is 0 Å². The molecule has 2 atom stereocenters. The molecule has 1 aliphatic rings. The number of benzene rings is 4. The molecule has 38 heavy (non-hydrogen) atoms. The highest BCUT2D eigenvalue weighted by Gasteiger charge is 2.47. The first-order valence-electron chi connectivity index (χ1n) is 12.3. The van der Waals surface area contributed by atoms with E-state index in [2.05, 4.69) is 56.1 Å². The van der Waals surface area contributed by atoms with Gasteiger partial charge in [0.15, 0.2) is 0 Å². The number of nitrogens with zero attached hydrogens (tertiary/aromatic N) is 2. The molecule has 4 aromatic carbocycles. The second-order valence-electron chi connectivity index (χ2n) is 9.23. The van der Waals surface area contributed by atoms with Crippen molar-refractivity contribution in [3.05, 3.63) is 128 Å². The molecule has 1 fully saturated rings. The minimum Gasteiger partial charge on any atom is -0.497 e. The van der Waals surface area contributed by atoms with Gasteiger partial charge in [-0.3, -0.25) is 0 Å². The second kappa shape index (κ2) is 11.6. The highest BCUT2D eigenvalue weighted by Crippen LogP contribution is 2.47. The topological polar surface area (TPSA) is 42.0 Å². The van der Waals surface area contributed by atoms with Crippen LogP contribution in [-0.4, -0.2) is 30.1 Å². The zero-order valence-electron chi connectivity index (χ0n) is 21.2. The lowest BCUT2D eigenvalue weighted by atomic mass is 9.92. The van der Waals surface area contributed by atoms with E-state index in [0.29, 0.717) is 13.1 Å². The lowest BCUT2D eigenvalue weighted by Crippen LogP contribution is -2.32. The Balaban J connectivity index is 1.61. The van der Waals surface area contributed by atoms with Crippen LogP contribution < -0.4 is 9.47 Å². The summed E-state index contributed by atoms with van der Waals surface area (Å²) in [6, 6.07) is 31.9. The lowest BCUT2D eigenvalue weighted by molar-refractivity contribution is 0.181. The Bertz CT molecular complexity index is 1300. The quantitative estimate of drug-likeness (QED) is 0.196. The molecule has 1 aliphatic heterocycles. The third kappa shape index (κ3) is 5.59. The van der Waals surface area contributed by atoms with Gasteiger partial charge in [0.2, 0.25) is 0 Å². The van der Waals surface area contributed by atoms with Gasteiger partial charge in [-0.1, -0.05) is 80.4 Å². The SMILES string of the molecule is COc1ccc(CN2C(=O)N(Cc3ccc(OC)cc3)[C@H](c3cccc(Br)c3)[C@H]2c2cccc(Br)c2)cc1. The summed E-state index contributed by atoms with van der Waals surface area (Å²) in [5.74, 6) is 1.58. The van der Waals surface area contributed by atoms with Crippen LogP contribution in [0.5, 0.6) is 11.5 Å². The van der Waals surface area contributed by atoms with Gasteiger partial charge < -0.3 is 19.3 Å². The van der Waals surface area contributed by atoms with Crippen LogP contribution in [0.3, 0.4) is 0 Å². The summed E-state index contributed by atoms with van der Waals surface area (Å²) in [4.78, 5) is 18.2. The van der Waals surface area contributed by atoms with Crippen LogP contribution in [0.1, 0.15) is 34.3 Å². The van der Waals surface area contributed by atoms with Gasteiger partial charge >= 0.3 is 6.03 Å². The molecule has 0 unspecified atom stereocenters. The summed E-state index contributed by atoms with van der Waals surface area (Å²) in [5.41, 5.74) is 4.23. The lowest BCUT2D eigenvalue weighted by Gasteiger charge is -2.29. The minimum atomic E-state index is -0.199. The van der Waals surface area contributed by atoms with Crippen LogP contribution in [0.25, 0.3) is 0 Å². The molecule has 1 heterocycles. The maximum Gasteiger partial charge on any atom is 0.321 e. The normalized spacial score (nSPS) is 17.1. The average Bonchev–Trinajstić information content (AvgIpc) is 3.20. The van der Waals surface area contributed by atoms with Crippen molar-refractivity contribution in [2.75, 3.05) is 14.2 Å². The van der Waals surface area contributed by atoms with Crippen molar-refractivity contribution in [1.82, 2.24) is 9.80 Å². The summed E-state index contributed by atoms with van der Waals surface area (Å²) < 4.78 is 12.6. The number of hydrogen-bond acceptors (Lipinski definition) is 3. The number of methoxy groups -OCH3 is 2. The van der Waals surface area contributed by atoms with Gasteiger partial charge in [0, 0.05) is 22.0 Å². The number of carbonyl (C=O) groups is 1. The fraction of sp³-hybridized carbons (Fsp3) is 0.194. The van der Waals surface area contributed by atoms with Crippen molar-refractivity contribution >= 4 is 37.9 Å². The Kier molecular flexibility index (Phi) is 8.05. The maximum absolute atomic E-state index is 14.3. The van der Waals surface area contributed by atoms with Crippen LogP contribution >= 0.6 is 31.9 Å². The molecule has 0 radical (unpaired) electrons. The van der Waals surface area contributed by atoms with Gasteiger partial charge in [-0.05, 0) is 70.8 Å². The van der Waals surface area contributed by atoms with Gasteiger partial charge in [0.1, 0.15) is 11.5 Å². The molecule has 194 valence electrons. The smallest absolute Gasteiger partial charge is 0.321 e. The second-order valence-corrected chi connectivity index (χ2v) is 11.1. The van der Waals surface area contributed by atoms with E-state index < -0.39 is 0 Å². The molecule has 0 N–H and O–H groups in total. The molecule has 0 aromatic heterocycles. The molecular weight excluding hydrogens is 608 g/mol. The standard InChI is InChI=1S/C31H28Br2N2O3/c1-37-27-13-9-21(10-14-27)19-34-29(23-5-3-7-25(32)17-23)30(24-6-4-8-26(33)18-24)35(31(34)36)20-22-11-15-28(38-2)16-12-22/h3-18,29-30H,19-20H2,1-2H3/t29-,30-/m1/s1. The van der Waals surface area contributed by atoms with E-state index in [9.17, 15) is 4.79 Å². The van der Waals surface area contributed by atoms with Crippen LogP contribution in [-0.2, 0) is 13.1 Å². The van der Waals surface area contributed by atoms with E-state index >= 15 is 0 Å². The van der Waals surface area contributed by atoms with Crippen molar-refractivity contribution in [1.29, 1.82) is 0 Å². The van der Waals surface area contributed by atoms with Gasteiger partial charge in [-0.15, -0.1) is 0 Å². The number of urea groups is 1. The van der Waals surface area contributed by atoms with E-state index in [1.165, 1.54) is 0 Å². The Morgan fingerprint density at radius 3 is 1.37 bits per heavy atom.